The van der Waals surface area contributed by atoms with Crippen LogP contribution in [0.5, 0.6) is 5.75 Å². The number of hydrogen-bond acceptors (Lipinski definition) is 7. The van der Waals surface area contributed by atoms with E-state index in [9.17, 15) is 9.59 Å². The molecule has 2 aromatic carbocycles. The third kappa shape index (κ3) is 4.64. The average Bonchev–Trinajstić information content (AvgIpc) is 3.46. The van der Waals surface area contributed by atoms with E-state index in [0.29, 0.717) is 36.0 Å². The molecule has 1 aliphatic rings. The second-order valence-corrected chi connectivity index (χ2v) is 9.04. The van der Waals surface area contributed by atoms with Gasteiger partial charge >= 0.3 is 4.87 Å². The van der Waals surface area contributed by atoms with Crippen molar-refractivity contribution in [2.45, 2.75) is 25.5 Å². The third-order valence-corrected chi connectivity index (χ3v) is 6.62. The van der Waals surface area contributed by atoms with Gasteiger partial charge in [-0.1, -0.05) is 29.5 Å². The predicted molar refractivity (Wildman–Crippen MR) is 127 cm³/mol. The number of hydrogen-bond donors (Lipinski definition) is 3. The van der Waals surface area contributed by atoms with Crippen LogP contribution >= 0.6 is 11.3 Å². The van der Waals surface area contributed by atoms with Crippen LogP contribution in [0.15, 0.2) is 59.4 Å². The summed E-state index contributed by atoms with van der Waals surface area (Å²) in [6.07, 6.45) is 0. The zero-order chi connectivity index (χ0) is 22.8. The highest BCUT2D eigenvalue weighted by molar-refractivity contribution is 7.08. The molecule has 5 rings (SSSR count). The number of benzene rings is 2. The molecule has 2 aromatic heterocycles. The van der Waals surface area contributed by atoms with Crippen molar-refractivity contribution in [1.29, 1.82) is 0 Å². The van der Waals surface area contributed by atoms with Crippen molar-refractivity contribution in [3.05, 3.63) is 86.1 Å². The Balaban J connectivity index is 1.23. The maximum atomic E-state index is 12.8. The van der Waals surface area contributed by atoms with E-state index in [-0.39, 0.29) is 22.7 Å². The Labute approximate surface area is 194 Å². The molecular weight excluding hydrogens is 438 g/mol. The van der Waals surface area contributed by atoms with Gasteiger partial charge in [-0.25, -0.2) is 5.10 Å². The molecule has 1 amide bonds. The van der Waals surface area contributed by atoms with Crippen LogP contribution in [0.1, 0.15) is 32.5 Å². The van der Waals surface area contributed by atoms with Crippen LogP contribution < -0.4 is 20.2 Å². The first-order valence-electron chi connectivity index (χ1n) is 10.7. The quantitative estimate of drug-likeness (QED) is 0.407. The van der Waals surface area contributed by atoms with Crippen LogP contribution in [0.2, 0.25) is 0 Å². The molecule has 168 valence electrons. The number of carbonyl (C=O) groups is 1. The smallest absolute Gasteiger partial charge is 0.322 e. The van der Waals surface area contributed by atoms with Crippen LogP contribution in [-0.2, 0) is 6.61 Å². The van der Waals surface area contributed by atoms with Gasteiger partial charge in [0.15, 0.2) is 0 Å². The molecule has 0 aliphatic carbocycles. The zero-order valence-corrected chi connectivity index (χ0v) is 18.8. The van der Waals surface area contributed by atoms with Gasteiger partial charge in [0, 0.05) is 41.2 Å². The van der Waals surface area contributed by atoms with E-state index in [1.165, 1.54) is 0 Å². The maximum absolute atomic E-state index is 12.8. The summed E-state index contributed by atoms with van der Waals surface area (Å²) in [6.45, 7) is 3.68. The summed E-state index contributed by atoms with van der Waals surface area (Å²) < 4.78 is 5.99. The van der Waals surface area contributed by atoms with E-state index in [4.69, 9.17) is 4.74 Å². The number of carbonyl (C=O) groups excluding carboxylic acids is 1. The van der Waals surface area contributed by atoms with Crippen molar-refractivity contribution < 1.29 is 9.53 Å². The molecular formula is C24H23N5O3S. The Hall–Kier alpha value is -3.56. The fraction of sp³-hybridized carbons (Fsp3) is 0.250. The number of fused-ring (bicyclic) bond motifs is 1. The molecule has 0 saturated carbocycles. The van der Waals surface area contributed by atoms with Crippen molar-refractivity contribution in [1.82, 2.24) is 25.8 Å². The van der Waals surface area contributed by atoms with Gasteiger partial charge in [0.05, 0.1) is 11.6 Å². The van der Waals surface area contributed by atoms with Crippen molar-refractivity contribution in [3.8, 4) is 5.75 Å². The topological polar surface area (TPSA) is 109 Å². The van der Waals surface area contributed by atoms with E-state index in [1.807, 2.05) is 37.3 Å². The van der Waals surface area contributed by atoms with Crippen molar-refractivity contribution in [2.24, 2.45) is 0 Å². The molecule has 1 fully saturated rings. The monoisotopic (exact) mass is 461 g/mol. The van der Waals surface area contributed by atoms with Gasteiger partial charge in [-0.2, -0.15) is 5.10 Å². The van der Waals surface area contributed by atoms with Crippen molar-refractivity contribution >= 4 is 28.1 Å². The number of rotatable bonds is 6. The van der Waals surface area contributed by atoms with Crippen LogP contribution in [-0.4, -0.2) is 40.2 Å². The lowest BCUT2D eigenvalue weighted by molar-refractivity contribution is 0.0937. The predicted octanol–water partition coefficient (Wildman–Crippen LogP) is 2.75. The summed E-state index contributed by atoms with van der Waals surface area (Å²) in [5.74, 6) is 0.491. The molecule has 2 atom stereocenters. The maximum Gasteiger partial charge on any atom is 0.322 e. The first-order chi connectivity index (χ1) is 16.1. The van der Waals surface area contributed by atoms with Crippen LogP contribution in [0.3, 0.4) is 0 Å². The Morgan fingerprint density at radius 3 is 2.79 bits per heavy atom. The average molecular weight is 462 g/mol. The number of aromatic amines is 1. The Morgan fingerprint density at radius 2 is 2.00 bits per heavy atom. The van der Waals surface area contributed by atoms with Gasteiger partial charge < -0.3 is 15.4 Å². The number of nitrogens with one attached hydrogen (secondary N) is 3. The third-order valence-electron chi connectivity index (χ3n) is 5.74. The summed E-state index contributed by atoms with van der Waals surface area (Å²) in [5.41, 5.74) is 3.51. The highest BCUT2D eigenvalue weighted by atomic mass is 32.1. The normalized spacial score (nSPS) is 17.8. The number of nitrogens with zero attached hydrogens (tertiary/aromatic N) is 2. The highest BCUT2D eigenvalue weighted by Gasteiger charge is 2.32. The first-order valence-corrected chi connectivity index (χ1v) is 11.5. The molecule has 1 aliphatic heterocycles. The molecule has 0 spiro atoms. The number of aromatic nitrogens is 3. The number of para-hydroxylation sites is 1. The second-order valence-electron chi connectivity index (χ2n) is 8.05. The summed E-state index contributed by atoms with van der Waals surface area (Å²) in [5, 5.41) is 14.6. The number of ether oxygens (including phenoxy) is 1. The van der Waals surface area contributed by atoms with E-state index < -0.39 is 0 Å². The molecule has 8 nitrogen and oxygen atoms in total. The summed E-state index contributed by atoms with van der Waals surface area (Å²) in [7, 11) is 0. The van der Waals surface area contributed by atoms with E-state index in [2.05, 4.69) is 25.8 Å². The molecule has 0 radical (unpaired) electrons. The van der Waals surface area contributed by atoms with E-state index in [1.54, 1.807) is 24.3 Å². The standard InChI is InChI=1S/C24H23N5O3S/c1-14-10-16(18-4-2-3-5-20(18)26-14)13-32-17-8-6-15(7-9-17)22(30)27-21-12-25-11-19(21)23-28-29-24(31)33-23/h2-10,19,21,25H,11-13H2,1H3,(H,27,30)(H,29,31). The second kappa shape index (κ2) is 9.13. The van der Waals surface area contributed by atoms with E-state index in [0.717, 1.165) is 33.5 Å². The number of aryl methyl sites for hydroxylation is 1. The number of H-pyrrole nitrogens is 1. The Kier molecular flexibility index (Phi) is 5.89. The Morgan fingerprint density at radius 1 is 1.18 bits per heavy atom. The highest BCUT2D eigenvalue weighted by Crippen LogP contribution is 2.24. The number of amides is 1. The fourth-order valence-corrected chi connectivity index (χ4v) is 4.89. The molecule has 3 heterocycles. The van der Waals surface area contributed by atoms with Gasteiger partial charge in [0.2, 0.25) is 0 Å². The van der Waals surface area contributed by atoms with Gasteiger partial charge in [-0.15, -0.1) is 0 Å². The summed E-state index contributed by atoms with van der Waals surface area (Å²) in [4.78, 5) is 28.6. The minimum absolute atomic E-state index is 0.0286. The molecule has 1 saturated heterocycles. The van der Waals surface area contributed by atoms with Crippen LogP contribution in [0.25, 0.3) is 10.9 Å². The number of pyridine rings is 1. The minimum atomic E-state index is -0.188. The molecule has 4 aromatic rings. The van der Waals surface area contributed by atoms with Gasteiger partial charge in [0.1, 0.15) is 17.4 Å². The van der Waals surface area contributed by atoms with Crippen molar-refractivity contribution in [3.63, 3.8) is 0 Å². The zero-order valence-electron chi connectivity index (χ0n) is 18.0. The Bertz CT molecular complexity index is 1350. The van der Waals surface area contributed by atoms with Gasteiger partial charge in [-0.05, 0) is 43.3 Å². The molecule has 2 unspecified atom stereocenters. The molecule has 3 N–H and O–H groups in total. The minimum Gasteiger partial charge on any atom is -0.489 e. The first kappa shape index (κ1) is 21.3. The van der Waals surface area contributed by atoms with Crippen LogP contribution in [0, 0.1) is 6.92 Å². The largest absolute Gasteiger partial charge is 0.489 e. The lowest BCUT2D eigenvalue weighted by Crippen LogP contribution is -2.39. The molecule has 33 heavy (non-hydrogen) atoms. The lowest BCUT2D eigenvalue weighted by Gasteiger charge is -2.18. The lowest BCUT2D eigenvalue weighted by atomic mass is 10.0. The van der Waals surface area contributed by atoms with Gasteiger partial charge in [0.25, 0.3) is 5.91 Å². The van der Waals surface area contributed by atoms with Gasteiger partial charge in [-0.3, -0.25) is 14.6 Å². The molecule has 0 bridgehead atoms. The SMILES string of the molecule is Cc1cc(COc2ccc(C(=O)NC3CNCC3c3n[nH]c(=O)s3)cc2)c2ccccc2n1. The van der Waals surface area contributed by atoms with Crippen molar-refractivity contribution in [2.75, 3.05) is 13.1 Å². The fourth-order valence-electron chi connectivity index (χ4n) is 4.12. The van der Waals surface area contributed by atoms with Crippen LogP contribution in [0.4, 0.5) is 0 Å². The summed E-state index contributed by atoms with van der Waals surface area (Å²) >= 11 is 1.08. The van der Waals surface area contributed by atoms with E-state index >= 15 is 0 Å². The molecule has 9 heteroatoms. The summed E-state index contributed by atoms with van der Waals surface area (Å²) in [6, 6.07) is 17.0.